The fraction of sp³-hybridized carbons (Fsp3) is 0.300. The van der Waals surface area contributed by atoms with E-state index in [1.54, 1.807) is 0 Å². The quantitative estimate of drug-likeness (QED) is 0.835. The highest BCUT2D eigenvalue weighted by atomic mass is 32.2. The van der Waals surface area contributed by atoms with Crippen LogP contribution in [0, 0.1) is 6.92 Å². The highest BCUT2D eigenvalue weighted by molar-refractivity contribution is 7.98. The summed E-state index contributed by atoms with van der Waals surface area (Å²) in [6, 6.07) is 1.51. The van der Waals surface area contributed by atoms with Crippen LogP contribution in [0.5, 0.6) is 0 Å². The zero-order valence-electron chi connectivity index (χ0n) is 9.38. The molecule has 2 aromatic rings. The Morgan fingerprint density at radius 1 is 1.59 bits per heavy atom. The molecule has 0 aromatic carbocycles. The topological polar surface area (TPSA) is 81.2 Å². The number of nitrogens with zero attached hydrogens (tertiary/aromatic N) is 3. The van der Waals surface area contributed by atoms with E-state index in [9.17, 15) is 4.79 Å². The average Bonchev–Trinajstić information content (AvgIpc) is 2.86. The third-order valence-corrected chi connectivity index (χ3v) is 3.34. The summed E-state index contributed by atoms with van der Waals surface area (Å²) in [5.74, 6) is 0.977. The second-order valence-electron chi connectivity index (χ2n) is 3.48. The molecule has 0 radical (unpaired) electrons. The lowest BCUT2D eigenvalue weighted by Crippen LogP contribution is -1.94. The molecule has 0 saturated carbocycles. The monoisotopic (exact) mass is 253 g/mol. The zero-order valence-corrected chi connectivity index (χ0v) is 10.2. The first-order valence-electron chi connectivity index (χ1n) is 4.87. The first kappa shape index (κ1) is 11.7. The smallest absolute Gasteiger partial charge is 0.338 e. The first-order chi connectivity index (χ1) is 8.08. The van der Waals surface area contributed by atoms with Gasteiger partial charge in [-0.3, -0.25) is 0 Å². The summed E-state index contributed by atoms with van der Waals surface area (Å²) in [4.78, 5) is 10.7. The molecule has 0 bridgehead atoms. The number of aromatic nitrogens is 3. The van der Waals surface area contributed by atoms with Gasteiger partial charge in [-0.25, -0.2) is 4.79 Å². The number of aryl methyl sites for hydroxylation is 1. The SMILES string of the molecule is Cc1nnc(SCc2cc(C(=O)O)co2)n1C. The van der Waals surface area contributed by atoms with Crippen molar-refractivity contribution >= 4 is 17.7 Å². The van der Waals surface area contributed by atoms with Crippen LogP contribution < -0.4 is 0 Å². The fourth-order valence-corrected chi connectivity index (χ4v) is 2.06. The van der Waals surface area contributed by atoms with Gasteiger partial charge in [-0.15, -0.1) is 10.2 Å². The van der Waals surface area contributed by atoms with Gasteiger partial charge in [0.25, 0.3) is 0 Å². The Balaban J connectivity index is 2.02. The number of carboxylic acids is 1. The zero-order chi connectivity index (χ0) is 12.4. The third-order valence-electron chi connectivity index (χ3n) is 2.30. The van der Waals surface area contributed by atoms with Crippen molar-refractivity contribution in [3.05, 3.63) is 29.5 Å². The molecule has 0 fully saturated rings. The van der Waals surface area contributed by atoms with E-state index >= 15 is 0 Å². The molecule has 0 amide bonds. The van der Waals surface area contributed by atoms with Crippen LogP contribution in [0.25, 0.3) is 0 Å². The minimum Gasteiger partial charge on any atom is -0.478 e. The molecule has 0 unspecified atom stereocenters. The molecule has 2 aromatic heterocycles. The van der Waals surface area contributed by atoms with Crippen LogP contribution in [0.1, 0.15) is 21.9 Å². The summed E-state index contributed by atoms with van der Waals surface area (Å²) >= 11 is 1.45. The molecule has 2 heterocycles. The Morgan fingerprint density at radius 2 is 2.35 bits per heavy atom. The summed E-state index contributed by atoms with van der Waals surface area (Å²) in [7, 11) is 1.88. The highest BCUT2D eigenvalue weighted by Crippen LogP contribution is 2.22. The van der Waals surface area contributed by atoms with E-state index in [1.807, 2.05) is 18.5 Å². The van der Waals surface area contributed by atoms with Crippen LogP contribution in [0.2, 0.25) is 0 Å². The second kappa shape index (κ2) is 4.62. The normalized spacial score (nSPS) is 10.7. The van der Waals surface area contributed by atoms with Gasteiger partial charge in [-0.1, -0.05) is 11.8 Å². The Hall–Kier alpha value is -1.76. The van der Waals surface area contributed by atoms with Gasteiger partial charge >= 0.3 is 5.97 Å². The van der Waals surface area contributed by atoms with Crippen LogP contribution in [-0.2, 0) is 12.8 Å². The van der Waals surface area contributed by atoms with Crippen molar-refractivity contribution in [2.45, 2.75) is 17.8 Å². The van der Waals surface area contributed by atoms with E-state index in [0.29, 0.717) is 11.5 Å². The lowest BCUT2D eigenvalue weighted by molar-refractivity contribution is 0.0696. The van der Waals surface area contributed by atoms with E-state index < -0.39 is 5.97 Å². The van der Waals surface area contributed by atoms with Gasteiger partial charge < -0.3 is 14.1 Å². The van der Waals surface area contributed by atoms with Crippen molar-refractivity contribution in [1.29, 1.82) is 0 Å². The van der Waals surface area contributed by atoms with Gasteiger partial charge in [0.2, 0.25) is 0 Å². The number of hydrogen-bond donors (Lipinski definition) is 1. The van der Waals surface area contributed by atoms with E-state index in [1.165, 1.54) is 24.1 Å². The highest BCUT2D eigenvalue weighted by Gasteiger charge is 2.10. The molecule has 0 aliphatic heterocycles. The van der Waals surface area contributed by atoms with Crippen molar-refractivity contribution in [3.63, 3.8) is 0 Å². The number of thioether (sulfide) groups is 1. The summed E-state index contributed by atoms with van der Waals surface area (Å²) in [5.41, 5.74) is 0.162. The Labute approximate surface area is 102 Å². The molecule has 0 atom stereocenters. The van der Waals surface area contributed by atoms with Gasteiger partial charge in [0, 0.05) is 7.05 Å². The number of rotatable bonds is 4. The summed E-state index contributed by atoms with van der Waals surface area (Å²) in [6.45, 7) is 1.87. The minimum absolute atomic E-state index is 0.162. The van der Waals surface area contributed by atoms with Crippen LogP contribution in [-0.4, -0.2) is 25.8 Å². The lowest BCUT2D eigenvalue weighted by atomic mass is 10.3. The fourth-order valence-electron chi connectivity index (χ4n) is 1.22. The third kappa shape index (κ3) is 2.50. The van der Waals surface area contributed by atoms with Crippen molar-refractivity contribution in [1.82, 2.24) is 14.8 Å². The average molecular weight is 253 g/mol. The maximum absolute atomic E-state index is 10.7. The van der Waals surface area contributed by atoms with Crippen molar-refractivity contribution in [2.75, 3.05) is 0 Å². The Kier molecular flexibility index (Phi) is 3.19. The molecule has 17 heavy (non-hydrogen) atoms. The molecule has 0 aliphatic rings. The molecule has 90 valence electrons. The molecular formula is C10H11N3O3S. The van der Waals surface area contributed by atoms with Gasteiger partial charge in [0.1, 0.15) is 17.8 Å². The molecule has 0 saturated heterocycles. The van der Waals surface area contributed by atoms with Crippen molar-refractivity contribution < 1.29 is 14.3 Å². The van der Waals surface area contributed by atoms with Gasteiger partial charge in [-0.05, 0) is 13.0 Å². The standard InChI is InChI=1S/C10H11N3O3S/c1-6-11-12-10(13(6)2)17-5-8-3-7(4-16-8)9(14)15/h3-4H,5H2,1-2H3,(H,14,15). The van der Waals surface area contributed by atoms with Crippen molar-refractivity contribution in [2.24, 2.45) is 7.05 Å². The number of hydrogen-bond acceptors (Lipinski definition) is 5. The largest absolute Gasteiger partial charge is 0.478 e. The summed E-state index contributed by atoms with van der Waals surface area (Å²) < 4.78 is 7.00. The first-order valence-corrected chi connectivity index (χ1v) is 5.86. The van der Waals surface area contributed by atoms with E-state index in [-0.39, 0.29) is 5.56 Å². The van der Waals surface area contributed by atoms with Crippen molar-refractivity contribution in [3.8, 4) is 0 Å². The molecule has 6 nitrogen and oxygen atoms in total. The molecule has 7 heteroatoms. The molecule has 1 N–H and O–H groups in total. The molecular weight excluding hydrogens is 242 g/mol. The maximum Gasteiger partial charge on any atom is 0.338 e. The molecule has 0 spiro atoms. The Morgan fingerprint density at radius 3 is 2.88 bits per heavy atom. The maximum atomic E-state index is 10.7. The predicted octanol–water partition coefficient (Wildman–Crippen LogP) is 1.71. The lowest BCUT2D eigenvalue weighted by Gasteiger charge is -1.98. The number of aromatic carboxylic acids is 1. The summed E-state index contributed by atoms with van der Waals surface area (Å²) in [5, 5.41) is 17.4. The van der Waals surface area contributed by atoms with Gasteiger partial charge in [0.05, 0.1) is 11.3 Å². The molecule has 0 aliphatic carbocycles. The second-order valence-corrected chi connectivity index (χ2v) is 4.43. The van der Waals surface area contributed by atoms with E-state index in [4.69, 9.17) is 9.52 Å². The van der Waals surface area contributed by atoms with Crippen LogP contribution in [0.15, 0.2) is 21.9 Å². The number of carbonyl (C=O) groups is 1. The minimum atomic E-state index is -0.987. The van der Waals surface area contributed by atoms with Crippen LogP contribution in [0.4, 0.5) is 0 Å². The van der Waals surface area contributed by atoms with Crippen LogP contribution >= 0.6 is 11.8 Å². The molecule has 2 rings (SSSR count). The van der Waals surface area contributed by atoms with E-state index in [2.05, 4.69) is 10.2 Å². The van der Waals surface area contributed by atoms with Crippen LogP contribution in [0.3, 0.4) is 0 Å². The number of carboxylic acid groups (broad SMARTS) is 1. The summed E-state index contributed by atoms with van der Waals surface area (Å²) in [6.07, 6.45) is 1.24. The van der Waals surface area contributed by atoms with Gasteiger partial charge in [-0.2, -0.15) is 0 Å². The number of furan rings is 1. The van der Waals surface area contributed by atoms with E-state index in [0.717, 1.165) is 11.0 Å². The predicted molar refractivity (Wildman–Crippen MR) is 61.0 cm³/mol. The van der Waals surface area contributed by atoms with Gasteiger partial charge in [0.15, 0.2) is 5.16 Å². The Bertz CT molecular complexity index is 547.